The summed E-state index contributed by atoms with van der Waals surface area (Å²) in [6.45, 7) is 1.55. The number of anilines is 3. The number of rotatable bonds is 9. The number of alkyl halides is 3. The molecular formula is C25H27F3N6O6S2. The average molecular weight is 629 g/mol. The van der Waals surface area contributed by atoms with E-state index in [4.69, 9.17) is 10.5 Å². The van der Waals surface area contributed by atoms with Gasteiger partial charge in [0.25, 0.3) is 0 Å². The van der Waals surface area contributed by atoms with Gasteiger partial charge in [-0.2, -0.15) is 0 Å². The van der Waals surface area contributed by atoms with Gasteiger partial charge in [-0.1, -0.05) is 11.3 Å². The molecule has 2 aliphatic rings. The molecule has 0 bridgehead atoms. The van der Waals surface area contributed by atoms with Crippen LogP contribution in [0.1, 0.15) is 24.8 Å². The number of carbonyl (C=O) groups is 2. The number of fused-ring (bicyclic) bond motifs is 1. The second-order valence-corrected chi connectivity index (χ2v) is 11.7. The number of esters is 1. The summed E-state index contributed by atoms with van der Waals surface area (Å²) in [5, 5.41) is 1.54. The molecule has 5 rings (SSSR count). The lowest BCUT2D eigenvalue weighted by atomic mass is 10.00. The highest BCUT2D eigenvalue weighted by molar-refractivity contribution is 7.74. The van der Waals surface area contributed by atoms with Crippen LogP contribution in [-0.2, 0) is 31.6 Å². The molecule has 17 heteroatoms. The van der Waals surface area contributed by atoms with E-state index < -0.39 is 53.4 Å². The van der Waals surface area contributed by atoms with Crippen LogP contribution in [0.5, 0.6) is 5.75 Å². The molecule has 2 N–H and O–H groups in total. The third-order valence-electron chi connectivity index (χ3n) is 7.23. The van der Waals surface area contributed by atoms with Gasteiger partial charge in [0.2, 0.25) is 16.8 Å². The summed E-state index contributed by atoms with van der Waals surface area (Å²) in [6, 6.07) is 1.45. The molecule has 1 amide bonds. The number of hydrogen-bond acceptors (Lipinski definition) is 11. The first kappa shape index (κ1) is 29.6. The quantitative estimate of drug-likeness (QED) is 0.268. The van der Waals surface area contributed by atoms with Crippen molar-refractivity contribution in [2.45, 2.75) is 44.1 Å². The van der Waals surface area contributed by atoms with Gasteiger partial charge in [0.15, 0.2) is 5.13 Å². The van der Waals surface area contributed by atoms with Crippen molar-refractivity contribution >= 4 is 60.8 Å². The van der Waals surface area contributed by atoms with E-state index in [2.05, 4.69) is 14.7 Å². The lowest BCUT2D eigenvalue weighted by molar-refractivity contribution is -0.274. The molecule has 0 unspecified atom stereocenters. The van der Waals surface area contributed by atoms with Crippen molar-refractivity contribution in [3.05, 3.63) is 36.2 Å². The number of likely N-dealkylation sites (tertiary alicyclic amines) is 1. The molecule has 0 saturated carbocycles. The molecule has 2 saturated heterocycles. The molecule has 3 aromatic rings. The SMILES string of the molecule is COC(=O)[C@@H](Cc1cc2ccnc(N)c2cc1OC(F)(F)F)N1CC[C@H](N(c2cnc(N3CCCC3)s2)[SH](=O)=O)C1=O. The van der Waals surface area contributed by atoms with Crippen LogP contribution in [-0.4, -0.2) is 80.4 Å². The standard InChI is InChI=1S/C25H27F3N6O6S2/c1-39-23(36)18(11-15-10-14-4-6-30-21(29)16(14)12-19(15)40-25(26,27)28)33-9-5-17(22(33)35)34(42(37)38)20-13-31-24(41-20)32-7-2-3-8-32/h4,6,10,12-13,17-18,42H,2-3,5,7-9,11H2,1H3,(H2,29,30)/t17-,18+/m0/s1. The predicted molar refractivity (Wildman–Crippen MR) is 149 cm³/mol. The second-order valence-electron chi connectivity index (χ2n) is 9.76. The zero-order valence-corrected chi connectivity index (χ0v) is 24.0. The number of benzene rings is 1. The largest absolute Gasteiger partial charge is 0.573 e. The summed E-state index contributed by atoms with van der Waals surface area (Å²) >= 11 is 1.14. The van der Waals surface area contributed by atoms with Gasteiger partial charge in [0.05, 0.1) is 13.3 Å². The van der Waals surface area contributed by atoms with Crippen LogP contribution in [0.25, 0.3) is 10.8 Å². The lowest BCUT2D eigenvalue weighted by Gasteiger charge is -2.28. The zero-order valence-electron chi connectivity index (χ0n) is 22.2. The first-order valence-corrected chi connectivity index (χ1v) is 14.9. The number of aromatic nitrogens is 2. The number of nitrogens with zero attached hydrogens (tertiary/aromatic N) is 5. The van der Waals surface area contributed by atoms with E-state index in [-0.39, 0.29) is 34.7 Å². The zero-order chi connectivity index (χ0) is 30.2. The van der Waals surface area contributed by atoms with Gasteiger partial charge >= 0.3 is 12.3 Å². The van der Waals surface area contributed by atoms with E-state index in [1.165, 1.54) is 24.5 Å². The highest BCUT2D eigenvalue weighted by Crippen LogP contribution is 2.37. The van der Waals surface area contributed by atoms with Crippen molar-refractivity contribution in [2.75, 3.05) is 41.7 Å². The highest BCUT2D eigenvalue weighted by atomic mass is 32.2. The molecule has 12 nitrogen and oxygen atoms in total. The molecule has 2 aliphatic heterocycles. The third kappa shape index (κ3) is 6.01. The number of nitrogen functional groups attached to an aromatic ring is 1. The Morgan fingerprint density at radius 1 is 1.24 bits per heavy atom. The topological polar surface area (TPSA) is 148 Å². The van der Waals surface area contributed by atoms with Gasteiger partial charge < -0.3 is 25.0 Å². The van der Waals surface area contributed by atoms with Gasteiger partial charge in [0, 0.05) is 37.6 Å². The fraction of sp³-hybridized carbons (Fsp3) is 0.440. The van der Waals surface area contributed by atoms with E-state index in [0.717, 1.165) is 59.6 Å². The monoisotopic (exact) mass is 628 g/mol. The maximum absolute atomic E-state index is 13.7. The Morgan fingerprint density at radius 3 is 2.64 bits per heavy atom. The van der Waals surface area contributed by atoms with Gasteiger partial charge in [-0.05, 0) is 48.4 Å². The molecular weight excluding hydrogens is 601 g/mol. The van der Waals surface area contributed by atoms with Crippen molar-refractivity contribution < 1.29 is 40.7 Å². The van der Waals surface area contributed by atoms with E-state index >= 15 is 0 Å². The highest BCUT2D eigenvalue weighted by Gasteiger charge is 2.44. The number of thiazole rings is 1. The molecule has 42 heavy (non-hydrogen) atoms. The van der Waals surface area contributed by atoms with Gasteiger partial charge in [0.1, 0.15) is 28.7 Å². The predicted octanol–water partition coefficient (Wildman–Crippen LogP) is 2.49. The Hall–Kier alpha value is -3.86. The number of carbonyl (C=O) groups excluding carboxylic acids is 2. The molecule has 0 aliphatic carbocycles. The van der Waals surface area contributed by atoms with Gasteiger partial charge in [-0.25, -0.2) is 27.5 Å². The molecule has 2 atom stereocenters. The molecule has 2 aromatic heterocycles. The van der Waals surface area contributed by atoms with Crippen LogP contribution in [0.2, 0.25) is 0 Å². The molecule has 2 fully saturated rings. The van der Waals surface area contributed by atoms with Crippen LogP contribution in [0, 0.1) is 0 Å². The Kier molecular flexibility index (Phi) is 8.32. The first-order chi connectivity index (χ1) is 20.0. The van der Waals surface area contributed by atoms with E-state index in [1.54, 1.807) is 0 Å². The normalized spacial score (nSPS) is 18.2. The van der Waals surface area contributed by atoms with Crippen LogP contribution < -0.4 is 19.7 Å². The van der Waals surface area contributed by atoms with Crippen LogP contribution in [0.4, 0.5) is 29.1 Å². The summed E-state index contributed by atoms with van der Waals surface area (Å²) < 4.78 is 74.9. The minimum Gasteiger partial charge on any atom is -0.467 e. The van der Waals surface area contributed by atoms with Gasteiger partial charge in [-0.3, -0.25) is 4.79 Å². The number of thiol groups is 1. The van der Waals surface area contributed by atoms with Crippen molar-refractivity contribution in [2.24, 2.45) is 0 Å². The van der Waals surface area contributed by atoms with Gasteiger partial charge in [-0.15, -0.1) is 13.2 Å². The smallest absolute Gasteiger partial charge is 0.467 e. The maximum atomic E-state index is 13.7. The molecule has 1 aromatic carbocycles. The van der Waals surface area contributed by atoms with E-state index in [9.17, 15) is 31.2 Å². The number of pyridine rings is 1. The molecule has 0 radical (unpaired) electrons. The fourth-order valence-electron chi connectivity index (χ4n) is 5.30. The Morgan fingerprint density at radius 2 is 1.98 bits per heavy atom. The van der Waals surface area contributed by atoms with Crippen molar-refractivity contribution in [3.8, 4) is 5.75 Å². The number of hydrogen-bond donors (Lipinski definition) is 2. The summed E-state index contributed by atoms with van der Waals surface area (Å²) in [4.78, 5) is 38.0. The van der Waals surface area contributed by atoms with Crippen molar-refractivity contribution in [1.29, 1.82) is 0 Å². The summed E-state index contributed by atoms with van der Waals surface area (Å²) in [7, 11) is -2.18. The number of halogens is 3. The minimum absolute atomic E-state index is 0.0177. The van der Waals surface area contributed by atoms with E-state index in [1.807, 2.05) is 4.90 Å². The van der Waals surface area contributed by atoms with Crippen LogP contribution in [0.3, 0.4) is 0 Å². The average Bonchev–Trinajstić information content (AvgIpc) is 3.69. The molecule has 4 heterocycles. The Labute approximate surface area is 243 Å². The van der Waals surface area contributed by atoms with Crippen LogP contribution in [0.15, 0.2) is 30.6 Å². The second kappa shape index (κ2) is 11.8. The Bertz CT molecular complexity index is 1570. The molecule has 0 spiro atoms. The maximum Gasteiger partial charge on any atom is 0.573 e. The fourth-order valence-corrected chi connectivity index (χ4v) is 7.21. The van der Waals surface area contributed by atoms with Crippen LogP contribution >= 0.6 is 11.3 Å². The minimum atomic E-state index is -5.06. The number of amides is 1. The van der Waals surface area contributed by atoms with E-state index in [0.29, 0.717) is 10.5 Å². The summed E-state index contributed by atoms with van der Waals surface area (Å²) in [6.07, 6.45) is -0.653. The first-order valence-electron chi connectivity index (χ1n) is 12.9. The number of nitrogens with two attached hydrogens (primary N) is 1. The number of ether oxygens (including phenoxy) is 2. The number of methoxy groups -OCH3 is 1. The Balaban J connectivity index is 1.46. The van der Waals surface area contributed by atoms with Crippen molar-refractivity contribution in [1.82, 2.24) is 14.9 Å². The lowest BCUT2D eigenvalue weighted by Crippen LogP contribution is -2.48. The third-order valence-corrected chi connectivity index (χ3v) is 9.27. The van der Waals surface area contributed by atoms with Crippen molar-refractivity contribution in [3.63, 3.8) is 0 Å². The summed E-state index contributed by atoms with van der Waals surface area (Å²) in [5.74, 6) is -2.21. The molecule has 226 valence electrons. The summed E-state index contributed by atoms with van der Waals surface area (Å²) in [5.41, 5.74) is 5.80.